The Balaban J connectivity index is 1.99. The van der Waals surface area contributed by atoms with E-state index in [9.17, 15) is 4.79 Å². The number of fused-ring (bicyclic) bond motifs is 1. The Kier molecular flexibility index (Phi) is 6.05. The predicted octanol–water partition coefficient (Wildman–Crippen LogP) is 3.76. The molecule has 0 heterocycles. The summed E-state index contributed by atoms with van der Waals surface area (Å²) in [5.74, 6) is -0.129. The summed E-state index contributed by atoms with van der Waals surface area (Å²) in [6, 6.07) is 6.84. The number of carbonyl (C=O) groups is 1. The average molecular weight is 401 g/mol. The lowest BCUT2D eigenvalue weighted by atomic mass is 9.92. The Morgan fingerprint density at radius 1 is 1.33 bits per heavy atom. The minimum absolute atomic E-state index is 0.129. The minimum atomic E-state index is -0.129. The summed E-state index contributed by atoms with van der Waals surface area (Å²) in [5.41, 5.74) is 4.57. The van der Waals surface area contributed by atoms with E-state index in [0.717, 1.165) is 25.7 Å². The van der Waals surface area contributed by atoms with Crippen LogP contribution in [0.3, 0.4) is 0 Å². The van der Waals surface area contributed by atoms with Gasteiger partial charge in [0.05, 0.1) is 0 Å². The van der Waals surface area contributed by atoms with Crippen molar-refractivity contribution in [2.75, 3.05) is 7.05 Å². The normalized spacial score (nSPS) is 21.5. The summed E-state index contributed by atoms with van der Waals surface area (Å²) in [6.07, 6.45) is 6.96. The zero-order valence-electron chi connectivity index (χ0n) is 12.9. The van der Waals surface area contributed by atoms with Crippen molar-refractivity contribution in [3.05, 3.63) is 34.9 Å². The number of nitrogens with one attached hydrogen (secondary N) is 1. The molecule has 1 aliphatic rings. The van der Waals surface area contributed by atoms with Crippen LogP contribution < -0.4 is 5.32 Å². The van der Waals surface area contributed by atoms with E-state index in [-0.39, 0.29) is 11.5 Å². The van der Waals surface area contributed by atoms with Gasteiger partial charge in [-0.25, -0.2) is 0 Å². The van der Waals surface area contributed by atoms with E-state index < -0.39 is 0 Å². The molecule has 0 radical (unpaired) electrons. The molecule has 0 aliphatic heterocycles. The van der Waals surface area contributed by atoms with Gasteiger partial charge in [0.2, 0.25) is 0 Å². The lowest BCUT2D eigenvalue weighted by molar-refractivity contribution is -0.131. The van der Waals surface area contributed by atoms with E-state index in [0.29, 0.717) is 6.42 Å². The lowest BCUT2D eigenvalue weighted by Crippen LogP contribution is -2.39. The monoisotopic (exact) mass is 401 g/mol. The topological polar surface area (TPSA) is 38.3 Å². The fourth-order valence-corrected chi connectivity index (χ4v) is 3.20. The van der Waals surface area contributed by atoms with Gasteiger partial charge in [-0.2, -0.15) is 0 Å². The molecule has 4 heteroatoms. The van der Waals surface area contributed by atoms with Crippen molar-refractivity contribution in [1.82, 2.24) is 5.32 Å². The first-order chi connectivity index (χ1) is 10.1. The van der Waals surface area contributed by atoms with E-state index in [1.807, 2.05) is 0 Å². The van der Waals surface area contributed by atoms with Crippen molar-refractivity contribution in [1.29, 1.82) is 0 Å². The van der Waals surface area contributed by atoms with Gasteiger partial charge in [0.25, 0.3) is 0 Å². The van der Waals surface area contributed by atoms with Gasteiger partial charge in [-0.05, 0) is 69.2 Å². The van der Waals surface area contributed by atoms with E-state index >= 15 is 0 Å². The van der Waals surface area contributed by atoms with Crippen molar-refractivity contribution in [3.8, 4) is 0 Å². The van der Waals surface area contributed by atoms with Crippen LogP contribution in [-0.4, -0.2) is 18.6 Å². The summed E-state index contributed by atoms with van der Waals surface area (Å²) in [7, 11) is 2.06. The molecule has 1 unspecified atom stereocenters. The van der Waals surface area contributed by atoms with Gasteiger partial charge in [0.15, 0.2) is 23.0 Å². The molecular formula is C17H24INO2. The average Bonchev–Trinajstić information content (AvgIpc) is 2.67. The van der Waals surface area contributed by atoms with Crippen LogP contribution >= 0.6 is 23.0 Å². The summed E-state index contributed by atoms with van der Waals surface area (Å²) in [6.45, 7) is 2.31. The third-order valence-electron chi connectivity index (χ3n) is 4.70. The van der Waals surface area contributed by atoms with Crippen LogP contribution in [0.15, 0.2) is 18.2 Å². The molecule has 0 saturated carbocycles. The maximum absolute atomic E-state index is 11.1. The third-order valence-corrected chi connectivity index (χ3v) is 5.19. The van der Waals surface area contributed by atoms with Gasteiger partial charge >= 0.3 is 5.97 Å². The van der Waals surface area contributed by atoms with Crippen molar-refractivity contribution >= 4 is 29.0 Å². The van der Waals surface area contributed by atoms with Crippen LogP contribution in [0.2, 0.25) is 0 Å². The van der Waals surface area contributed by atoms with Gasteiger partial charge < -0.3 is 8.38 Å². The molecule has 0 amide bonds. The Morgan fingerprint density at radius 2 is 2.05 bits per heavy atom. The second-order valence-electron chi connectivity index (χ2n) is 6.22. The zero-order chi connectivity index (χ0) is 15.3. The van der Waals surface area contributed by atoms with E-state index in [4.69, 9.17) is 0 Å². The van der Waals surface area contributed by atoms with E-state index in [1.54, 1.807) is 23.0 Å². The van der Waals surface area contributed by atoms with Gasteiger partial charge in [0.1, 0.15) is 0 Å². The largest absolute Gasteiger partial charge is 0.394 e. The lowest BCUT2D eigenvalue weighted by Gasteiger charge is -2.27. The number of benzene rings is 1. The maximum atomic E-state index is 11.1. The molecule has 0 aromatic heterocycles. The molecule has 1 aromatic rings. The number of rotatable bonds is 5. The van der Waals surface area contributed by atoms with E-state index in [2.05, 4.69) is 40.6 Å². The second kappa shape index (κ2) is 7.58. The highest BCUT2D eigenvalue weighted by Gasteiger charge is 2.25. The summed E-state index contributed by atoms with van der Waals surface area (Å²) < 4.78 is 4.65. The SMILES string of the molecule is CNC1(C)CCc2ccc(CCCC(=O)OI)cc2CC1. The molecule has 2 rings (SSSR count). The van der Waals surface area contributed by atoms with Crippen LogP contribution in [0.1, 0.15) is 49.3 Å². The Bertz CT molecular complexity index is 504. The molecule has 116 valence electrons. The number of hydrogen-bond acceptors (Lipinski definition) is 3. The molecule has 0 spiro atoms. The number of halogens is 1. The highest BCUT2D eigenvalue weighted by atomic mass is 127. The molecule has 1 N–H and O–H groups in total. The van der Waals surface area contributed by atoms with Gasteiger partial charge in [-0.15, -0.1) is 0 Å². The van der Waals surface area contributed by atoms with Crippen molar-refractivity contribution in [2.24, 2.45) is 0 Å². The summed E-state index contributed by atoms with van der Waals surface area (Å²) in [5, 5.41) is 3.47. The molecule has 0 saturated heterocycles. The van der Waals surface area contributed by atoms with Crippen LogP contribution in [-0.2, 0) is 27.1 Å². The molecule has 1 atom stereocenters. The molecule has 0 fully saturated rings. The second-order valence-corrected chi connectivity index (χ2v) is 6.66. The fourth-order valence-electron chi connectivity index (χ4n) is 2.98. The highest BCUT2D eigenvalue weighted by molar-refractivity contribution is 14.1. The highest BCUT2D eigenvalue weighted by Crippen LogP contribution is 2.28. The maximum Gasteiger partial charge on any atom is 0.315 e. The molecule has 0 bridgehead atoms. The Labute approximate surface area is 141 Å². The van der Waals surface area contributed by atoms with E-state index in [1.165, 1.54) is 29.5 Å². The third kappa shape index (κ3) is 4.68. The van der Waals surface area contributed by atoms with Crippen molar-refractivity contribution in [2.45, 2.75) is 57.4 Å². The molecule has 1 aliphatic carbocycles. The fraction of sp³-hybridized carbons (Fsp3) is 0.588. The van der Waals surface area contributed by atoms with Crippen molar-refractivity contribution < 1.29 is 7.86 Å². The van der Waals surface area contributed by atoms with Crippen LogP contribution in [0.5, 0.6) is 0 Å². The van der Waals surface area contributed by atoms with Crippen molar-refractivity contribution in [3.63, 3.8) is 0 Å². The predicted molar refractivity (Wildman–Crippen MR) is 93.6 cm³/mol. The number of hydrogen-bond donors (Lipinski definition) is 1. The number of carbonyl (C=O) groups excluding carboxylic acids is 1. The Morgan fingerprint density at radius 3 is 2.71 bits per heavy atom. The van der Waals surface area contributed by atoms with Crippen LogP contribution in [0.25, 0.3) is 0 Å². The molecule has 21 heavy (non-hydrogen) atoms. The Hall–Kier alpha value is -0.620. The van der Waals surface area contributed by atoms with Crippen LogP contribution in [0, 0.1) is 0 Å². The quantitative estimate of drug-likeness (QED) is 0.603. The molecular weight excluding hydrogens is 377 g/mol. The minimum Gasteiger partial charge on any atom is -0.394 e. The molecule has 3 nitrogen and oxygen atoms in total. The molecule has 1 aromatic carbocycles. The van der Waals surface area contributed by atoms with Gasteiger partial charge in [-0.1, -0.05) is 18.2 Å². The zero-order valence-corrected chi connectivity index (χ0v) is 15.0. The first-order valence-corrected chi connectivity index (χ1v) is 8.55. The number of aryl methyl sites for hydroxylation is 3. The smallest absolute Gasteiger partial charge is 0.315 e. The van der Waals surface area contributed by atoms with Gasteiger partial charge in [0, 0.05) is 12.0 Å². The first-order valence-electron chi connectivity index (χ1n) is 7.67. The van der Waals surface area contributed by atoms with Crippen LogP contribution in [0.4, 0.5) is 0 Å². The summed E-state index contributed by atoms with van der Waals surface area (Å²) >= 11 is 1.65. The summed E-state index contributed by atoms with van der Waals surface area (Å²) in [4.78, 5) is 11.1. The van der Waals surface area contributed by atoms with Gasteiger partial charge in [-0.3, -0.25) is 4.79 Å². The standard InChI is InChI=1S/C17H24INO2/c1-17(19-2)10-8-14-7-6-13(12-15(14)9-11-17)4-3-5-16(20)21-18/h6-7,12,19H,3-5,8-11H2,1-2H3. The first kappa shape index (κ1) is 16.7.